The van der Waals surface area contributed by atoms with Gasteiger partial charge >= 0.3 is 0 Å². The summed E-state index contributed by atoms with van der Waals surface area (Å²) in [6.07, 6.45) is 0. The van der Waals surface area contributed by atoms with Crippen molar-refractivity contribution in [3.63, 3.8) is 0 Å². The molecule has 0 radical (unpaired) electrons. The summed E-state index contributed by atoms with van der Waals surface area (Å²) in [6, 6.07) is 18.6. The fourth-order valence-electron chi connectivity index (χ4n) is 2.05. The number of nitrogens with zero attached hydrogens (tertiary/aromatic N) is 3. The van der Waals surface area contributed by atoms with Gasteiger partial charge in [-0.3, -0.25) is 0 Å². The van der Waals surface area contributed by atoms with Crippen molar-refractivity contribution in [1.29, 1.82) is 0 Å². The average Bonchev–Trinajstić information content (AvgIpc) is 2.83. The van der Waals surface area contributed by atoms with Crippen molar-refractivity contribution >= 4 is 11.0 Å². The van der Waals surface area contributed by atoms with Crippen LogP contribution in [0.1, 0.15) is 18.5 Å². The van der Waals surface area contributed by atoms with Gasteiger partial charge in [0.2, 0.25) is 0 Å². The quantitative estimate of drug-likeness (QED) is 0.668. The van der Waals surface area contributed by atoms with Crippen molar-refractivity contribution < 1.29 is 0 Å². The van der Waals surface area contributed by atoms with Crippen LogP contribution in [0.5, 0.6) is 0 Å². The molecule has 0 bridgehead atoms. The van der Waals surface area contributed by atoms with Crippen LogP contribution in [0.25, 0.3) is 11.0 Å². The number of para-hydroxylation sites is 1. The molecular weight excluding hydrogens is 210 g/mol. The molecule has 1 unspecified atom stereocenters. The van der Waals surface area contributed by atoms with Gasteiger partial charge in [-0.1, -0.05) is 47.7 Å². The zero-order chi connectivity index (χ0) is 11.7. The predicted octanol–water partition coefficient (Wildman–Crippen LogP) is 3.04. The Morgan fingerprint density at radius 3 is 2.47 bits per heavy atom. The van der Waals surface area contributed by atoms with E-state index in [1.165, 1.54) is 5.56 Å². The summed E-state index contributed by atoms with van der Waals surface area (Å²) in [5, 5.41) is 8.42. The van der Waals surface area contributed by atoms with E-state index in [4.69, 9.17) is 0 Å². The second-order valence-corrected chi connectivity index (χ2v) is 4.11. The molecule has 0 aliphatic heterocycles. The van der Waals surface area contributed by atoms with Crippen LogP contribution in [-0.2, 0) is 0 Å². The summed E-state index contributed by atoms with van der Waals surface area (Å²) >= 11 is 0. The summed E-state index contributed by atoms with van der Waals surface area (Å²) in [6.45, 7) is 2.14. The van der Waals surface area contributed by atoms with Gasteiger partial charge < -0.3 is 0 Å². The first-order valence-corrected chi connectivity index (χ1v) is 5.71. The van der Waals surface area contributed by atoms with Crippen LogP contribution >= 0.6 is 0 Å². The Labute approximate surface area is 99.7 Å². The third-order valence-electron chi connectivity index (χ3n) is 3.03. The molecule has 2 aromatic carbocycles. The zero-order valence-electron chi connectivity index (χ0n) is 9.62. The molecule has 0 saturated carbocycles. The molecule has 0 aliphatic carbocycles. The Balaban J connectivity index is 2.10. The molecule has 1 aromatic heterocycles. The number of benzene rings is 2. The smallest absolute Gasteiger partial charge is 0.113 e. The van der Waals surface area contributed by atoms with Crippen LogP contribution in [-0.4, -0.2) is 15.0 Å². The van der Waals surface area contributed by atoms with Crippen LogP contribution in [0, 0.1) is 0 Å². The first-order chi connectivity index (χ1) is 8.36. The molecule has 3 nitrogen and oxygen atoms in total. The minimum absolute atomic E-state index is 0.198. The Morgan fingerprint density at radius 2 is 1.65 bits per heavy atom. The van der Waals surface area contributed by atoms with Crippen LogP contribution in [0.4, 0.5) is 0 Å². The van der Waals surface area contributed by atoms with Gasteiger partial charge in [0.1, 0.15) is 5.52 Å². The van der Waals surface area contributed by atoms with E-state index in [2.05, 4.69) is 35.4 Å². The molecule has 3 aromatic rings. The third kappa shape index (κ3) is 1.69. The Morgan fingerprint density at radius 1 is 0.941 bits per heavy atom. The van der Waals surface area contributed by atoms with Gasteiger partial charge in [0.15, 0.2) is 0 Å². The molecule has 0 spiro atoms. The van der Waals surface area contributed by atoms with Crippen molar-refractivity contribution in [1.82, 2.24) is 15.0 Å². The van der Waals surface area contributed by atoms with Gasteiger partial charge in [-0.25, -0.2) is 4.68 Å². The largest absolute Gasteiger partial charge is 0.237 e. The van der Waals surface area contributed by atoms with Crippen molar-refractivity contribution in [3.8, 4) is 0 Å². The molecule has 84 valence electrons. The van der Waals surface area contributed by atoms with E-state index in [-0.39, 0.29) is 6.04 Å². The molecule has 0 fully saturated rings. The van der Waals surface area contributed by atoms with E-state index < -0.39 is 0 Å². The molecule has 1 heterocycles. The second-order valence-electron chi connectivity index (χ2n) is 4.11. The number of fused-ring (bicyclic) bond motifs is 1. The number of aromatic nitrogens is 3. The maximum atomic E-state index is 4.24. The molecule has 0 saturated heterocycles. The lowest BCUT2D eigenvalue weighted by molar-refractivity contribution is 0.560. The number of rotatable bonds is 2. The Kier molecular flexibility index (Phi) is 2.37. The molecule has 0 aliphatic rings. The van der Waals surface area contributed by atoms with Crippen LogP contribution in [0.15, 0.2) is 54.6 Å². The van der Waals surface area contributed by atoms with Crippen LogP contribution < -0.4 is 0 Å². The van der Waals surface area contributed by atoms with Crippen LogP contribution in [0.2, 0.25) is 0 Å². The average molecular weight is 223 g/mol. The van der Waals surface area contributed by atoms with Crippen molar-refractivity contribution in [2.24, 2.45) is 0 Å². The van der Waals surface area contributed by atoms with E-state index in [1.807, 2.05) is 41.1 Å². The van der Waals surface area contributed by atoms with Gasteiger partial charge in [0, 0.05) is 0 Å². The van der Waals surface area contributed by atoms with E-state index in [0.29, 0.717) is 0 Å². The van der Waals surface area contributed by atoms with E-state index in [1.54, 1.807) is 0 Å². The lowest BCUT2D eigenvalue weighted by atomic mass is 10.1. The summed E-state index contributed by atoms with van der Waals surface area (Å²) < 4.78 is 1.96. The molecular formula is C14H13N3. The standard InChI is InChI=1S/C14H13N3/c1-11(12-7-3-2-4-8-12)17-14-10-6-5-9-13(14)15-16-17/h2-11H,1H3. The maximum Gasteiger partial charge on any atom is 0.113 e. The van der Waals surface area contributed by atoms with Crippen molar-refractivity contribution in [2.45, 2.75) is 13.0 Å². The maximum absolute atomic E-state index is 4.24. The lowest BCUT2D eigenvalue weighted by Crippen LogP contribution is -2.08. The fourth-order valence-corrected chi connectivity index (χ4v) is 2.05. The Bertz CT molecular complexity index is 628. The van der Waals surface area contributed by atoms with Crippen molar-refractivity contribution in [2.75, 3.05) is 0 Å². The summed E-state index contributed by atoms with van der Waals surface area (Å²) in [7, 11) is 0. The van der Waals surface area contributed by atoms with Crippen LogP contribution in [0.3, 0.4) is 0 Å². The van der Waals surface area contributed by atoms with Crippen molar-refractivity contribution in [3.05, 3.63) is 60.2 Å². The topological polar surface area (TPSA) is 30.7 Å². The van der Waals surface area contributed by atoms with E-state index >= 15 is 0 Å². The van der Waals surface area contributed by atoms with E-state index in [0.717, 1.165) is 11.0 Å². The fraction of sp³-hybridized carbons (Fsp3) is 0.143. The highest BCUT2D eigenvalue weighted by Gasteiger charge is 2.11. The van der Waals surface area contributed by atoms with Gasteiger partial charge in [0.25, 0.3) is 0 Å². The van der Waals surface area contributed by atoms with E-state index in [9.17, 15) is 0 Å². The first-order valence-electron chi connectivity index (χ1n) is 5.71. The highest BCUT2D eigenvalue weighted by atomic mass is 15.4. The van der Waals surface area contributed by atoms with Gasteiger partial charge in [-0.2, -0.15) is 0 Å². The summed E-state index contributed by atoms with van der Waals surface area (Å²) in [5.74, 6) is 0. The third-order valence-corrected chi connectivity index (χ3v) is 3.03. The SMILES string of the molecule is CC(c1ccccc1)n1nnc2ccccc21. The lowest BCUT2D eigenvalue weighted by Gasteiger charge is -2.12. The summed E-state index contributed by atoms with van der Waals surface area (Å²) in [4.78, 5) is 0. The molecule has 0 amide bonds. The number of hydrogen-bond donors (Lipinski definition) is 0. The molecule has 0 N–H and O–H groups in total. The second kappa shape index (κ2) is 4.01. The predicted molar refractivity (Wildman–Crippen MR) is 67.8 cm³/mol. The molecule has 1 atom stereocenters. The summed E-state index contributed by atoms with van der Waals surface area (Å²) in [5.41, 5.74) is 3.25. The zero-order valence-corrected chi connectivity index (χ0v) is 9.62. The Hall–Kier alpha value is -2.16. The van der Waals surface area contributed by atoms with Gasteiger partial charge in [0.05, 0.1) is 11.6 Å². The van der Waals surface area contributed by atoms with Gasteiger partial charge in [-0.05, 0) is 24.6 Å². The normalized spacial score (nSPS) is 12.8. The monoisotopic (exact) mass is 223 g/mol. The minimum Gasteiger partial charge on any atom is -0.237 e. The highest BCUT2D eigenvalue weighted by Crippen LogP contribution is 2.21. The van der Waals surface area contributed by atoms with Gasteiger partial charge in [-0.15, -0.1) is 5.10 Å². The highest BCUT2D eigenvalue weighted by molar-refractivity contribution is 5.74. The minimum atomic E-state index is 0.198. The first kappa shape index (κ1) is 10.0. The molecule has 17 heavy (non-hydrogen) atoms. The molecule has 3 rings (SSSR count). The molecule has 3 heteroatoms. The number of hydrogen-bond acceptors (Lipinski definition) is 2.